The summed E-state index contributed by atoms with van der Waals surface area (Å²) in [5, 5.41) is 5.16. The van der Waals surface area contributed by atoms with Gasteiger partial charge in [-0.25, -0.2) is 19.2 Å². The second kappa shape index (κ2) is 14.1. The summed E-state index contributed by atoms with van der Waals surface area (Å²) < 4.78 is 18.7. The van der Waals surface area contributed by atoms with Crippen molar-refractivity contribution >= 4 is 47.1 Å². The predicted octanol–water partition coefficient (Wildman–Crippen LogP) is 2.97. The topological polar surface area (TPSA) is 163 Å². The van der Waals surface area contributed by atoms with Gasteiger partial charge in [0.2, 0.25) is 11.8 Å². The van der Waals surface area contributed by atoms with Crippen LogP contribution in [0, 0.1) is 0 Å². The van der Waals surface area contributed by atoms with Crippen LogP contribution in [0.2, 0.25) is 0 Å². The fourth-order valence-corrected chi connectivity index (χ4v) is 3.36. The van der Waals surface area contributed by atoms with E-state index in [0.717, 1.165) is 0 Å². The average Bonchev–Trinajstić information content (AvgIpc) is 2.93. The van der Waals surface area contributed by atoms with Gasteiger partial charge < -0.3 is 29.6 Å². The van der Waals surface area contributed by atoms with Crippen molar-refractivity contribution in [3.05, 3.63) is 58.7 Å². The summed E-state index contributed by atoms with van der Waals surface area (Å²) in [7, 11) is 4.79. The molecule has 0 spiro atoms. The average molecular weight is 529 g/mol. The van der Waals surface area contributed by atoms with Crippen molar-refractivity contribution in [2.75, 3.05) is 39.1 Å². The van der Waals surface area contributed by atoms with E-state index in [0.29, 0.717) is 12.8 Å². The first-order chi connectivity index (χ1) is 18.1. The van der Waals surface area contributed by atoms with Gasteiger partial charge in [-0.3, -0.25) is 9.59 Å². The van der Waals surface area contributed by atoms with E-state index in [1.807, 2.05) is 0 Å². The van der Waals surface area contributed by atoms with Crippen LogP contribution in [0.3, 0.4) is 0 Å². The Bertz CT molecular complexity index is 1140. The Morgan fingerprint density at radius 3 is 1.21 bits per heavy atom. The summed E-state index contributed by atoms with van der Waals surface area (Å²) >= 11 is 0. The van der Waals surface area contributed by atoms with Crippen LogP contribution in [-0.4, -0.2) is 64.1 Å². The number of rotatable bonds is 11. The van der Waals surface area contributed by atoms with Crippen LogP contribution >= 0.6 is 0 Å². The molecule has 2 amide bonds. The highest BCUT2D eigenvalue weighted by atomic mass is 16.5. The molecule has 12 nitrogen and oxygen atoms in total. The Morgan fingerprint density at radius 1 is 0.553 bits per heavy atom. The van der Waals surface area contributed by atoms with Crippen molar-refractivity contribution in [3.8, 4) is 0 Å². The lowest BCUT2D eigenvalue weighted by Crippen LogP contribution is -2.17. The third kappa shape index (κ3) is 7.88. The van der Waals surface area contributed by atoms with E-state index in [1.165, 1.54) is 64.8 Å². The molecule has 0 aliphatic heterocycles. The maximum Gasteiger partial charge on any atom is 0.339 e. The Balaban J connectivity index is 1.98. The number of hydrogen-bond acceptors (Lipinski definition) is 10. The zero-order valence-corrected chi connectivity index (χ0v) is 21.4. The molecule has 38 heavy (non-hydrogen) atoms. The number of carbonyl (C=O) groups excluding carboxylic acids is 6. The molecule has 2 aromatic rings. The highest BCUT2D eigenvalue weighted by Crippen LogP contribution is 2.22. The number of methoxy groups -OCH3 is 4. The van der Waals surface area contributed by atoms with Gasteiger partial charge in [0.25, 0.3) is 0 Å². The lowest BCUT2D eigenvalue weighted by molar-refractivity contribution is -0.118. The Morgan fingerprint density at radius 2 is 0.895 bits per heavy atom. The molecule has 202 valence electrons. The maximum atomic E-state index is 12.5. The highest BCUT2D eigenvalue weighted by molar-refractivity contribution is 6.04. The summed E-state index contributed by atoms with van der Waals surface area (Å²) in [5.74, 6) is -3.58. The Kier molecular flexibility index (Phi) is 11.0. The van der Waals surface area contributed by atoms with Crippen molar-refractivity contribution in [2.24, 2.45) is 0 Å². The van der Waals surface area contributed by atoms with E-state index < -0.39 is 35.7 Å². The molecule has 12 heteroatoms. The molecule has 0 radical (unpaired) electrons. The number of anilines is 2. The molecule has 2 rings (SSSR count). The summed E-state index contributed by atoms with van der Waals surface area (Å²) in [6, 6.07) is 8.05. The van der Waals surface area contributed by atoms with Crippen LogP contribution in [0.5, 0.6) is 0 Å². The summed E-state index contributed by atoms with van der Waals surface area (Å²) in [5.41, 5.74) is 0.558. The Labute approximate surface area is 218 Å². The molecule has 0 atom stereocenters. The van der Waals surface area contributed by atoms with Crippen LogP contribution in [0.1, 0.15) is 67.1 Å². The standard InChI is InChI=1S/C26H28N2O10/c1-35-23(31)15-9-11-17(25(33)37-3)19(13-15)27-21(29)7-5-6-8-22(30)28-20-14-16(24(32)36-2)10-12-18(20)26(34)38-4/h9-14H,5-8H2,1-4H3,(H,27,29)(H,28,30). The van der Waals surface area contributed by atoms with Crippen LogP contribution in [-0.2, 0) is 28.5 Å². The van der Waals surface area contributed by atoms with Gasteiger partial charge in [0.15, 0.2) is 0 Å². The smallest absolute Gasteiger partial charge is 0.339 e. The third-order valence-corrected chi connectivity index (χ3v) is 5.30. The number of carbonyl (C=O) groups is 6. The first-order valence-corrected chi connectivity index (χ1v) is 11.4. The van der Waals surface area contributed by atoms with Crippen LogP contribution in [0.4, 0.5) is 11.4 Å². The summed E-state index contributed by atoms with van der Waals surface area (Å²) in [4.78, 5) is 72.6. The molecule has 0 aliphatic rings. The first-order valence-electron chi connectivity index (χ1n) is 11.4. The molecule has 0 aliphatic carbocycles. The molecule has 0 heterocycles. The van der Waals surface area contributed by atoms with Crippen molar-refractivity contribution in [2.45, 2.75) is 25.7 Å². The molecule has 0 aromatic heterocycles. The fourth-order valence-electron chi connectivity index (χ4n) is 3.36. The van der Waals surface area contributed by atoms with Crippen molar-refractivity contribution < 1.29 is 47.7 Å². The second-order valence-electron chi connectivity index (χ2n) is 7.79. The molecule has 0 saturated carbocycles. The Hall–Kier alpha value is -4.74. The molecular formula is C26H28N2O10. The molecular weight excluding hydrogens is 500 g/mol. The second-order valence-corrected chi connectivity index (χ2v) is 7.79. The molecule has 0 unspecified atom stereocenters. The largest absolute Gasteiger partial charge is 0.465 e. The number of unbranched alkanes of at least 4 members (excludes halogenated alkanes) is 1. The van der Waals surface area contributed by atoms with Crippen LogP contribution < -0.4 is 10.6 Å². The molecule has 2 aromatic carbocycles. The van der Waals surface area contributed by atoms with E-state index in [2.05, 4.69) is 20.1 Å². The number of esters is 4. The lowest BCUT2D eigenvalue weighted by atomic mass is 10.1. The number of hydrogen-bond donors (Lipinski definition) is 2. The fraction of sp³-hybridized carbons (Fsp3) is 0.308. The quantitative estimate of drug-likeness (QED) is 0.252. The van der Waals surface area contributed by atoms with E-state index in [-0.39, 0.29) is 46.5 Å². The molecule has 0 saturated heterocycles. The minimum Gasteiger partial charge on any atom is -0.465 e. The van der Waals surface area contributed by atoms with Crippen LogP contribution in [0.25, 0.3) is 0 Å². The number of benzene rings is 2. The van der Waals surface area contributed by atoms with Gasteiger partial charge in [-0.05, 0) is 49.2 Å². The number of amides is 2. The lowest BCUT2D eigenvalue weighted by Gasteiger charge is -2.12. The van der Waals surface area contributed by atoms with Crippen molar-refractivity contribution in [3.63, 3.8) is 0 Å². The van der Waals surface area contributed by atoms with Gasteiger partial charge in [-0.15, -0.1) is 0 Å². The van der Waals surface area contributed by atoms with Gasteiger partial charge in [0.1, 0.15) is 0 Å². The predicted molar refractivity (Wildman–Crippen MR) is 134 cm³/mol. The van der Waals surface area contributed by atoms with Crippen molar-refractivity contribution in [1.29, 1.82) is 0 Å². The maximum absolute atomic E-state index is 12.5. The molecule has 2 N–H and O–H groups in total. The van der Waals surface area contributed by atoms with Gasteiger partial charge >= 0.3 is 23.9 Å². The third-order valence-electron chi connectivity index (χ3n) is 5.30. The summed E-state index contributed by atoms with van der Waals surface area (Å²) in [6.07, 6.45) is 0.661. The van der Waals surface area contributed by atoms with Crippen LogP contribution in [0.15, 0.2) is 36.4 Å². The van der Waals surface area contributed by atoms with Gasteiger partial charge in [0, 0.05) is 12.8 Å². The number of ether oxygens (including phenoxy) is 4. The minimum atomic E-state index is -0.698. The number of nitrogens with one attached hydrogen (secondary N) is 2. The zero-order valence-electron chi connectivity index (χ0n) is 21.4. The van der Waals surface area contributed by atoms with Crippen molar-refractivity contribution in [1.82, 2.24) is 0 Å². The SMILES string of the molecule is COC(=O)c1ccc(C(=O)OC)c(NC(=O)CCCCC(=O)Nc2cc(C(=O)OC)ccc2C(=O)OC)c1. The first kappa shape index (κ1) is 29.5. The monoisotopic (exact) mass is 528 g/mol. The van der Waals surface area contributed by atoms with E-state index in [9.17, 15) is 28.8 Å². The molecule has 0 bridgehead atoms. The molecule has 0 fully saturated rings. The van der Waals surface area contributed by atoms with Gasteiger partial charge in [0.05, 0.1) is 62.1 Å². The highest BCUT2D eigenvalue weighted by Gasteiger charge is 2.19. The normalized spacial score (nSPS) is 10.1. The zero-order chi connectivity index (χ0) is 28.2. The van der Waals surface area contributed by atoms with E-state index in [1.54, 1.807) is 0 Å². The van der Waals surface area contributed by atoms with E-state index >= 15 is 0 Å². The minimum absolute atomic E-state index is 0.0155. The summed E-state index contributed by atoms with van der Waals surface area (Å²) in [6.45, 7) is 0. The van der Waals surface area contributed by atoms with Gasteiger partial charge in [-0.2, -0.15) is 0 Å². The van der Waals surface area contributed by atoms with Gasteiger partial charge in [-0.1, -0.05) is 0 Å². The van der Waals surface area contributed by atoms with E-state index in [4.69, 9.17) is 9.47 Å².